The number of anilines is 1. The molecule has 1 aromatic heterocycles. The number of esters is 1. The molecule has 110 valence electrons. The third-order valence-corrected chi connectivity index (χ3v) is 3.13. The summed E-state index contributed by atoms with van der Waals surface area (Å²) in [6, 6.07) is 8.34. The van der Waals surface area contributed by atoms with Gasteiger partial charge in [-0.25, -0.2) is 4.79 Å². The molecule has 6 heteroatoms. The highest BCUT2D eigenvalue weighted by molar-refractivity contribution is 6.34. The molecule has 1 aromatic carbocycles. The topological polar surface area (TPSA) is 74.4 Å². The van der Waals surface area contributed by atoms with E-state index >= 15 is 0 Å². The van der Waals surface area contributed by atoms with Crippen LogP contribution in [0.5, 0.6) is 5.75 Å². The SMILES string of the molecule is COc1cc(C)nc(COC(=O)c2c(N)cccc2Cl)c1. The molecule has 0 unspecified atom stereocenters. The maximum atomic E-state index is 12.1. The third kappa shape index (κ3) is 3.64. The lowest BCUT2D eigenvalue weighted by Crippen LogP contribution is -2.10. The highest BCUT2D eigenvalue weighted by atomic mass is 35.5. The zero-order valence-corrected chi connectivity index (χ0v) is 12.5. The molecule has 0 fully saturated rings. The van der Waals surface area contributed by atoms with Gasteiger partial charge in [-0.15, -0.1) is 0 Å². The number of carbonyl (C=O) groups is 1. The van der Waals surface area contributed by atoms with Crippen LogP contribution in [0.15, 0.2) is 30.3 Å². The van der Waals surface area contributed by atoms with Crippen LogP contribution in [0.4, 0.5) is 5.69 Å². The van der Waals surface area contributed by atoms with Crippen molar-refractivity contribution < 1.29 is 14.3 Å². The van der Waals surface area contributed by atoms with Gasteiger partial charge in [0.05, 0.1) is 17.8 Å². The van der Waals surface area contributed by atoms with E-state index in [0.29, 0.717) is 11.4 Å². The van der Waals surface area contributed by atoms with Crippen LogP contribution in [0.25, 0.3) is 0 Å². The normalized spacial score (nSPS) is 10.2. The van der Waals surface area contributed by atoms with E-state index in [9.17, 15) is 4.79 Å². The molecule has 2 N–H and O–H groups in total. The Hall–Kier alpha value is -2.27. The predicted octanol–water partition coefficient (Wildman–Crippen LogP) is 2.99. The van der Waals surface area contributed by atoms with Gasteiger partial charge in [-0.1, -0.05) is 17.7 Å². The quantitative estimate of drug-likeness (QED) is 0.694. The molecule has 2 rings (SSSR count). The number of ether oxygens (including phenoxy) is 2. The number of carbonyl (C=O) groups excluding carboxylic acids is 1. The van der Waals surface area contributed by atoms with Crippen molar-refractivity contribution in [3.63, 3.8) is 0 Å². The Balaban J connectivity index is 2.13. The molecule has 0 bridgehead atoms. The minimum Gasteiger partial charge on any atom is -0.497 e. The largest absolute Gasteiger partial charge is 0.497 e. The number of aryl methyl sites for hydroxylation is 1. The summed E-state index contributed by atoms with van der Waals surface area (Å²) in [7, 11) is 1.56. The first kappa shape index (κ1) is 15.1. The van der Waals surface area contributed by atoms with Crippen molar-refractivity contribution in [3.8, 4) is 5.75 Å². The number of pyridine rings is 1. The van der Waals surface area contributed by atoms with Crippen LogP contribution in [-0.4, -0.2) is 18.1 Å². The molecule has 0 atom stereocenters. The number of nitrogens with zero attached hydrogens (tertiary/aromatic N) is 1. The lowest BCUT2D eigenvalue weighted by molar-refractivity contribution is 0.0468. The fourth-order valence-electron chi connectivity index (χ4n) is 1.86. The van der Waals surface area contributed by atoms with Crippen molar-refractivity contribution in [3.05, 3.63) is 52.3 Å². The van der Waals surface area contributed by atoms with E-state index < -0.39 is 5.97 Å². The molecular formula is C15H15ClN2O3. The highest BCUT2D eigenvalue weighted by Gasteiger charge is 2.16. The van der Waals surface area contributed by atoms with Gasteiger partial charge in [0, 0.05) is 23.5 Å². The Morgan fingerprint density at radius 2 is 2.14 bits per heavy atom. The molecule has 0 aliphatic heterocycles. The lowest BCUT2D eigenvalue weighted by atomic mass is 10.2. The molecule has 0 radical (unpaired) electrons. The average molecular weight is 307 g/mol. The highest BCUT2D eigenvalue weighted by Crippen LogP contribution is 2.23. The molecule has 0 spiro atoms. The van der Waals surface area contributed by atoms with Gasteiger partial charge < -0.3 is 15.2 Å². The summed E-state index contributed by atoms with van der Waals surface area (Å²) in [6.07, 6.45) is 0. The number of hydrogen-bond acceptors (Lipinski definition) is 5. The standard InChI is InChI=1S/C15H15ClN2O3/c1-9-6-11(20-2)7-10(18-9)8-21-15(19)14-12(16)4-3-5-13(14)17/h3-7H,8,17H2,1-2H3. The number of nitrogen functional groups attached to an aromatic ring is 1. The fourth-order valence-corrected chi connectivity index (χ4v) is 2.12. The average Bonchev–Trinajstić information content (AvgIpc) is 2.44. The van der Waals surface area contributed by atoms with E-state index in [0.717, 1.165) is 5.69 Å². The van der Waals surface area contributed by atoms with Crippen molar-refractivity contribution in [1.29, 1.82) is 0 Å². The summed E-state index contributed by atoms with van der Waals surface area (Å²) in [5.74, 6) is 0.0752. The van der Waals surface area contributed by atoms with Crippen molar-refractivity contribution >= 4 is 23.3 Å². The van der Waals surface area contributed by atoms with Crippen LogP contribution in [0.3, 0.4) is 0 Å². The van der Waals surface area contributed by atoms with Crippen LogP contribution in [0.2, 0.25) is 5.02 Å². The van der Waals surface area contributed by atoms with Crippen LogP contribution < -0.4 is 10.5 Å². The molecule has 0 saturated carbocycles. The molecule has 21 heavy (non-hydrogen) atoms. The molecule has 0 amide bonds. The number of methoxy groups -OCH3 is 1. The van der Waals surface area contributed by atoms with Crippen molar-refractivity contribution in [2.75, 3.05) is 12.8 Å². The summed E-state index contributed by atoms with van der Waals surface area (Å²) in [5.41, 5.74) is 7.55. The Bertz CT molecular complexity index is 654. The summed E-state index contributed by atoms with van der Waals surface area (Å²) in [5, 5.41) is 0.259. The fraction of sp³-hybridized carbons (Fsp3) is 0.200. The number of nitrogens with two attached hydrogens (primary N) is 1. The maximum Gasteiger partial charge on any atom is 0.342 e. The van der Waals surface area contributed by atoms with Crippen molar-refractivity contribution in [1.82, 2.24) is 4.98 Å². The van der Waals surface area contributed by atoms with E-state index in [-0.39, 0.29) is 22.9 Å². The van der Waals surface area contributed by atoms with Crippen LogP contribution >= 0.6 is 11.6 Å². The minimum absolute atomic E-state index is 0.0154. The van der Waals surface area contributed by atoms with Gasteiger partial charge >= 0.3 is 5.97 Å². The number of aromatic nitrogens is 1. The zero-order valence-electron chi connectivity index (χ0n) is 11.7. The summed E-state index contributed by atoms with van der Waals surface area (Å²) >= 11 is 5.96. The first-order valence-corrected chi connectivity index (χ1v) is 6.61. The number of hydrogen-bond donors (Lipinski definition) is 1. The second-order valence-electron chi connectivity index (χ2n) is 4.42. The van der Waals surface area contributed by atoms with Gasteiger partial charge in [0.25, 0.3) is 0 Å². The zero-order chi connectivity index (χ0) is 15.4. The predicted molar refractivity (Wildman–Crippen MR) is 80.5 cm³/mol. The van der Waals surface area contributed by atoms with Crippen LogP contribution in [0.1, 0.15) is 21.7 Å². The van der Waals surface area contributed by atoms with E-state index in [1.54, 1.807) is 37.4 Å². The Labute approximate surface area is 127 Å². The minimum atomic E-state index is -0.583. The van der Waals surface area contributed by atoms with Gasteiger partial charge in [0.2, 0.25) is 0 Å². The number of benzene rings is 1. The lowest BCUT2D eigenvalue weighted by Gasteiger charge is -2.09. The van der Waals surface area contributed by atoms with Crippen LogP contribution in [0, 0.1) is 6.92 Å². The third-order valence-electron chi connectivity index (χ3n) is 2.82. The molecule has 0 aliphatic carbocycles. The Kier molecular flexibility index (Phi) is 4.65. The van der Waals surface area contributed by atoms with E-state index in [4.69, 9.17) is 26.8 Å². The van der Waals surface area contributed by atoms with E-state index in [2.05, 4.69) is 4.98 Å². The summed E-state index contributed by atoms with van der Waals surface area (Å²) in [4.78, 5) is 16.3. The smallest absolute Gasteiger partial charge is 0.342 e. The Morgan fingerprint density at radius 1 is 1.38 bits per heavy atom. The van der Waals surface area contributed by atoms with Crippen molar-refractivity contribution in [2.24, 2.45) is 0 Å². The maximum absolute atomic E-state index is 12.1. The van der Waals surface area contributed by atoms with Gasteiger partial charge in [-0.05, 0) is 19.1 Å². The number of halogens is 1. The second kappa shape index (κ2) is 6.45. The molecule has 2 aromatic rings. The van der Waals surface area contributed by atoms with Crippen molar-refractivity contribution in [2.45, 2.75) is 13.5 Å². The molecule has 0 aliphatic rings. The molecule has 1 heterocycles. The van der Waals surface area contributed by atoms with Gasteiger partial charge in [-0.3, -0.25) is 4.98 Å². The second-order valence-corrected chi connectivity index (χ2v) is 4.83. The monoisotopic (exact) mass is 306 g/mol. The van der Waals surface area contributed by atoms with Gasteiger partial charge in [0.1, 0.15) is 17.9 Å². The van der Waals surface area contributed by atoms with Gasteiger partial charge in [0.15, 0.2) is 0 Å². The first-order valence-electron chi connectivity index (χ1n) is 6.24. The number of rotatable bonds is 4. The molecular weight excluding hydrogens is 292 g/mol. The van der Waals surface area contributed by atoms with Gasteiger partial charge in [-0.2, -0.15) is 0 Å². The molecule has 0 saturated heterocycles. The van der Waals surface area contributed by atoms with E-state index in [1.165, 1.54) is 0 Å². The Morgan fingerprint density at radius 3 is 2.81 bits per heavy atom. The first-order chi connectivity index (χ1) is 10.0. The summed E-state index contributed by atoms with van der Waals surface area (Å²) < 4.78 is 10.4. The van der Waals surface area contributed by atoms with Crippen LogP contribution in [-0.2, 0) is 11.3 Å². The molecule has 5 nitrogen and oxygen atoms in total. The van der Waals surface area contributed by atoms with E-state index in [1.807, 2.05) is 6.92 Å². The summed E-state index contributed by atoms with van der Waals surface area (Å²) in [6.45, 7) is 1.85.